The molecule has 0 aromatic rings. The van der Waals surface area contributed by atoms with Gasteiger partial charge in [-0.3, -0.25) is 14.4 Å². The molecule has 0 aliphatic rings. The summed E-state index contributed by atoms with van der Waals surface area (Å²) in [6.45, 7) is 6.39. The molecule has 6 nitrogen and oxygen atoms in total. The zero-order valence-corrected chi connectivity index (χ0v) is 53.9. The van der Waals surface area contributed by atoms with Crippen molar-refractivity contribution in [3.63, 3.8) is 0 Å². The van der Waals surface area contributed by atoms with E-state index in [1.807, 2.05) is 0 Å². The molecule has 0 aromatic carbocycles. The highest BCUT2D eigenvalue weighted by atomic mass is 16.6. The predicted molar refractivity (Wildman–Crippen MR) is 362 cm³/mol. The van der Waals surface area contributed by atoms with Gasteiger partial charge in [0.05, 0.1) is 0 Å². The molecule has 1 atom stereocenters. The van der Waals surface area contributed by atoms with E-state index in [2.05, 4.69) is 167 Å². The van der Waals surface area contributed by atoms with Crippen molar-refractivity contribution < 1.29 is 28.6 Å². The van der Waals surface area contributed by atoms with E-state index < -0.39 is 6.10 Å². The first-order valence-electron chi connectivity index (χ1n) is 34.3. The zero-order valence-electron chi connectivity index (χ0n) is 53.9. The molecule has 0 saturated heterocycles. The fourth-order valence-corrected chi connectivity index (χ4v) is 9.23. The number of unbranched alkanes of at least 4 members (excludes halogenated alkanes) is 26. The van der Waals surface area contributed by atoms with Crippen LogP contribution in [0.15, 0.2) is 146 Å². The first-order valence-corrected chi connectivity index (χ1v) is 34.3. The van der Waals surface area contributed by atoms with Crippen molar-refractivity contribution in [1.82, 2.24) is 0 Å². The Kier molecular flexibility index (Phi) is 65.8. The summed E-state index contributed by atoms with van der Waals surface area (Å²) in [6.07, 6.45) is 100. The van der Waals surface area contributed by atoms with Gasteiger partial charge >= 0.3 is 17.9 Å². The molecular weight excluding hydrogens is 1020 g/mol. The van der Waals surface area contributed by atoms with Gasteiger partial charge in [0.2, 0.25) is 0 Å². The Morgan fingerprint density at radius 1 is 0.253 bits per heavy atom. The van der Waals surface area contributed by atoms with Crippen LogP contribution in [0, 0.1) is 0 Å². The molecule has 6 heteroatoms. The second-order valence-electron chi connectivity index (χ2n) is 22.3. The van der Waals surface area contributed by atoms with Gasteiger partial charge in [0.15, 0.2) is 6.10 Å². The van der Waals surface area contributed by atoms with Gasteiger partial charge in [-0.25, -0.2) is 0 Å². The number of allylic oxidation sites excluding steroid dienone is 24. The maximum atomic E-state index is 12.9. The van der Waals surface area contributed by atoms with E-state index in [1.165, 1.54) is 116 Å². The molecule has 0 spiro atoms. The molecule has 0 N–H and O–H groups in total. The Labute approximate surface area is 512 Å². The summed E-state index contributed by atoms with van der Waals surface area (Å²) in [5.74, 6) is -0.909. The van der Waals surface area contributed by atoms with Crippen LogP contribution in [0.2, 0.25) is 0 Å². The van der Waals surface area contributed by atoms with Crippen LogP contribution in [0.3, 0.4) is 0 Å². The zero-order chi connectivity index (χ0) is 59.9. The molecule has 0 radical (unpaired) electrons. The van der Waals surface area contributed by atoms with Gasteiger partial charge in [-0.15, -0.1) is 0 Å². The molecule has 0 aliphatic heterocycles. The Morgan fingerprint density at radius 3 is 0.747 bits per heavy atom. The molecule has 0 aromatic heterocycles. The number of carbonyl (C=O) groups is 3. The number of rotatable bonds is 61. The third kappa shape index (κ3) is 68.0. The van der Waals surface area contributed by atoms with E-state index in [0.717, 1.165) is 148 Å². The number of ether oxygens (including phenoxy) is 3. The fraction of sp³-hybridized carbons (Fsp3) is 0.649. The van der Waals surface area contributed by atoms with E-state index in [4.69, 9.17) is 14.2 Å². The van der Waals surface area contributed by atoms with Gasteiger partial charge in [0.1, 0.15) is 13.2 Å². The summed E-state index contributed by atoms with van der Waals surface area (Å²) in [5, 5.41) is 0. The van der Waals surface area contributed by atoms with Gasteiger partial charge in [-0.2, -0.15) is 0 Å². The summed E-state index contributed by atoms with van der Waals surface area (Å²) in [5.41, 5.74) is 0. The highest BCUT2D eigenvalue weighted by Crippen LogP contribution is 2.16. The average Bonchev–Trinajstić information content (AvgIpc) is 3.49. The van der Waals surface area contributed by atoms with Crippen LogP contribution < -0.4 is 0 Å². The lowest BCUT2D eigenvalue weighted by Gasteiger charge is -2.18. The van der Waals surface area contributed by atoms with E-state index in [0.29, 0.717) is 19.3 Å². The molecule has 0 amide bonds. The maximum absolute atomic E-state index is 12.9. The Balaban J connectivity index is 4.33. The van der Waals surface area contributed by atoms with E-state index in [1.54, 1.807) is 0 Å². The molecule has 0 bridgehead atoms. The summed E-state index contributed by atoms with van der Waals surface area (Å²) in [7, 11) is 0. The van der Waals surface area contributed by atoms with Gasteiger partial charge in [-0.05, 0) is 141 Å². The minimum Gasteiger partial charge on any atom is -0.462 e. The minimum absolute atomic E-state index is 0.0906. The van der Waals surface area contributed by atoms with Crippen molar-refractivity contribution in [2.24, 2.45) is 0 Å². The molecule has 0 heterocycles. The molecule has 0 aliphatic carbocycles. The fourth-order valence-electron chi connectivity index (χ4n) is 9.23. The average molecular weight is 1150 g/mol. The van der Waals surface area contributed by atoms with Gasteiger partial charge in [0, 0.05) is 19.3 Å². The molecule has 470 valence electrons. The van der Waals surface area contributed by atoms with Gasteiger partial charge in [0.25, 0.3) is 0 Å². The van der Waals surface area contributed by atoms with Crippen LogP contribution in [0.1, 0.15) is 303 Å². The van der Waals surface area contributed by atoms with Crippen LogP contribution in [0.5, 0.6) is 0 Å². The minimum atomic E-state index is -0.795. The Morgan fingerprint density at radius 2 is 0.470 bits per heavy atom. The summed E-state index contributed by atoms with van der Waals surface area (Å²) in [6, 6.07) is 0. The molecule has 0 fully saturated rings. The van der Waals surface area contributed by atoms with E-state index in [9.17, 15) is 14.4 Å². The van der Waals surface area contributed by atoms with Crippen LogP contribution in [0.25, 0.3) is 0 Å². The standard InChI is InChI=1S/C77H126O6/c1-4-7-10-13-16-19-22-25-27-29-31-33-34-35-36-37-38-39-40-41-42-44-45-47-49-52-55-58-61-64-67-70-76(79)82-73-74(72-81-75(78)69-66-63-60-57-54-51-24-21-18-15-12-9-6-3)83-77(80)71-68-65-62-59-56-53-50-48-46-43-32-30-28-26-23-20-17-14-11-8-5-2/h7-8,10-11,16-17,19-21,24-28,31-33,35-36,38-39,41-43,74H,4-6,9,12-15,18,22-23,29-30,34,37,40,44-73H2,1-3H3/b10-7-,11-8-,19-16-,20-17-,24-21-,27-25-,28-26-,33-31-,36-35-,39-38-,42-41-,43-32-. The summed E-state index contributed by atoms with van der Waals surface area (Å²) >= 11 is 0. The van der Waals surface area contributed by atoms with Crippen molar-refractivity contribution in [2.75, 3.05) is 13.2 Å². The van der Waals surface area contributed by atoms with Gasteiger partial charge < -0.3 is 14.2 Å². The summed E-state index contributed by atoms with van der Waals surface area (Å²) < 4.78 is 16.9. The molecule has 1 unspecified atom stereocenters. The molecule has 83 heavy (non-hydrogen) atoms. The first kappa shape index (κ1) is 78.3. The third-order valence-corrected chi connectivity index (χ3v) is 14.3. The smallest absolute Gasteiger partial charge is 0.306 e. The normalized spacial score (nSPS) is 13.0. The van der Waals surface area contributed by atoms with Crippen molar-refractivity contribution in [1.29, 1.82) is 0 Å². The topological polar surface area (TPSA) is 78.9 Å². The highest BCUT2D eigenvalue weighted by Gasteiger charge is 2.19. The molecular formula is C77H126O6. The van der Waals surface area contributed by atoms with Crippen molar-refractivity contribution in [3.8, 4) is 0 Å². The summed E-state index contributed by atoms with van der Waals surface area (Å²) in [4.78, 5) is 38.4. The number of carbonyl (C=O) groups excluding carboxylic acids is 3. The first-order chi connectivity index (χ1) is 41.0. The van der Waals surface area contributed by atoms with Crippen LogP contribution in [0.4, 0.5) is 0 Å². The Hall–Kier alpha value is -4.71. The largest absolute Gasteiger partial charge is 0.462 e. The quantitative estimate of drug-likeness (QED) is 0.0261. The lowest BCUT2D eigenvalue weighted by atomic mass is 10.1. The lowest BCUT2D eigenvalue weighted by molar-refractivity contribution is -0.167. The lowest BCUT2D eigenvalue weighted by Crippen LogP contribution is -2.30. The highest BCUT2D eigenvalue weighted by molar-refractivity contribution is 5.71. The predicted octanol–water partition coefficient (Wildman–Crippen LogP) is 23.9. The molecule has 0 saturated carbocycles. The second kappa shape index (κ2) is 69.8. The number of hydrogen-bond acceptors (Lipinski definition) is 6. The van der Waals surface area contributed by atoms with Crippen molar-refractivity contribution in [2.45, 2.75) is 309 Å². The van der Waals surface area contributed by atoms with Crippen molar-refractivity contribution in [3.05, 3.63) is 146 Å². The SMILES string of the molecule is CC/C=C\C/C=C\C/C=C\C/C=C\C/C=C\C/C=C\C/C=C\CCCCCCCCCCCC(=O)OCC(COC(=O)CCCCCCC/C=C\CCCCCC)OC(=O)CCCCCCCCCC/C=C\C/C=C\C/C=C\C/C=C\CC. The number of esters is 3. The van der Waals surface area contributed by atoms with Crippen LogP contribution in [-0.2, 0) is 28.6 Å². The number of hydrogen-bond donors (Lipinski definition) is 0. The van der Waals surface area contributed by atoms with Crippen LogP contribution >= 0.6 is 0 Å². The monoisotopic (exact) mass is 1150 g/mol. The Bertz CT molecular complexity index is 1800. The van der Waals surface area contributed by atoms with E-state index >= 15 is 0 Å². The second-order valence-corrected chi connectivity index (χ2v) is 22.3. The third-order valence-electron chi connectivity index (χ3n) is 14.3. The van der Waals surface area contributed by atoms with E-state index in [-0.39, 0.29) is 31.1 Å². The maximum Gasteiger partial charge on any atom is 0.306 e. The van der Waals surface area contributed by atoms with Crippen LogP contribution in [-0.4, -0.2) is 37.2 Å². The van der Waals surface area contributed by atoms with Gasteiger partial charge in [-0.1, -0.05) is 289 Å². The van der Waals surface area contributed by atoms with Crippen molar-refractivity contribution >= 4 is 17.9 Å². The molecule has 0 rings (SSSR count).